The van der Waals surface area contributed by atoms with Crippen molar-refractivity contribution in [3.8, 4) is 11.8 Å². The number of aliphatic hydroxyl groups is 1. The molecule has 1 aliphatic heterocycles. The predicted octanol–water partition coefficient (Wildman–Crippen LogP) is 1.79. The first-order chi connectivity index (χ1) is 14.3. The minimum absolute atomic E-state index is 0.245. The lowest BCUT2D eigenvalue weighted by Crippen LogP contribution is -2.24. The van der Waals surface area contributed by atoms with Crippen LogP contribution in [0, 0.1) is 0 Å². The van der Waals surface area contributed by atoms with Gasteiger partial charge < -0.3 is 19.5 Å². The lowest BCUT2D eigenvalue weighted by Gasteiger charge is -2.17. The molecule has 1 aliphatic rings. The second-order valence-corrected chi connectivity index (χ2v) is 6.89. The summed E-state index contributed by atoms with van der Waals surface area (Å²) in [6.07, 6.45) is -4.56. The van der Waals surface area contributed by atoms with Crippen LogP contribution < -0.4 is 14.4 Å². The first-order valence-electron chi connectivity index (χ1n) is 9.19. The van der Waals surface area contributed by atoms with Crippen molar-refractivity contribution in [3.63, 3.8) is 0 Å². The van der Waals surface area contributed by atoms with E-state index in [1.165, 1.54) is 4.68 Å². The molecule has 3 heterocycles. The van der Waals surface area contributed by atoms with E-state index >= 15 is 0 Å². The third kappa shape index (κ3) is 4.37. The highest BCUT2D eigenvalue weighted by molar-refractivity contribution is 5.83. The monoisotopic (exact) mass is 424 g/mol. The van der Waals surface area contributed by atoms with Crippen molar-refractivity contribution in [1.29, 1.82) is 0 Å². The fraction of sp³-hybridized carbons (Fsp3) is 0.444. The molecule has 4 rings (SSSR count). The van der Waals surface area contributed by atoms with E-state index < -0.39 is 24.9 Å². The molecule has 12 heteroatoms. The number of β-amino-alcohol motifs (C(OH)–C–C–N with tert-alkyl or cyclic N) is 1. The van der Waals surface area contributed by atoms with Crippen LogP contribution >= 0.6 is 0 Å². The fourth-order valence-electron chi connectivity index (χ4n) is 3.20. The molecule has 0 bridgehead atoms. The highest BCUT2D eigenvalue weighted by atomic mass is 19.4. The summed E-state index contributed by atoms with van der Waals surface area (Å²) in [6, 6.07) is 6.84. The Hall–Kier alpha value is -3.15. The Morgan fingerprint density at radius 2 is 1.97 bits per heavy atom. The number of hydrogen-bond acceptors (Lipinski definition) is 8. The number of nitrogens with zero attached hydrogens (tertiary/aromatic N) is 6. The molecular weight excluding hydrogens is 405 g/mol. The van der Waals surface area contributed by atoms with E-state index in [2.05, 4.69) is 20.3 Å². The molecule has 1 saturated heterocycles. The molecule has 0 radical (unpaired) electrons. The van der Waals surface area contributed by atoms with E-state index in [-0.39, 0.29) is 24.6 Å². The maximum Gasteiger partial charge on any atom is 0.422 e. The summed E-state index contributed by atoms with van der Waals surface area (Å²) in [6.45, 7) is -0.452. The smallest absolute Gasteiger partial charge is 0.422 e. The number of alkyl halides is 3. The Bertz CT molecular complexity index is 1020. The van der Waals surface area contributed by atoms with Crippen LogP contribution in [0.4, 0.5) is 19.0 Å². The molecule has 30 heavy (non-hydrogen) atoms. The second kappa shape index (κ2) is 7.94. The first-order valence-corrected chi connectivity index (χ1v) is 9.19. The summed E-state index contributed by atoms with van der Waals surface area (Å²) >= 11 is 0. The van der Waals surface area contributed by atoms with Gasteiger partial charge in [-0.05, 0) is 24.1 Å². The summed E-state index contributed by atoms with van der Waals surface area (Å²) in [5.41, 5.74) is 1.45. The maximum absolute atomic E-state index is 12.6. The molecule has 3 aromatic rings. The molecule has 0 aliphatic carbocycles. The van der Waals surface area contributed by atoms with E-state index in [1.807, 2.05) is 12.1 Å². The number of anilines is 1. The third-order valence-corrected chi connectivity index (χ3v) is 4.64. The van der Waals surface area contributed by atoms with Crippen molar-refractivity contribution in [2.45, 2.75) is 25.2 Å². The van der Waals surface area contributed by atoms with Gasteiger partial charge in [0.15, 0.2) is 23.6 Å². The number of benzene rings is 1. The van der Waals surface area contributed by atoms with Crippen LogP contribution in [0.1, 0.15) is 12.0 Å². The van der Waals surface area contributed by atoms with Crippen LogP contribution in [0.15, 0.2) is 24.3 Å². The summed E-state index contributed by atoms with van der Waals surface area (Å²) in [5, 5.41) is 18.1. The average Bonchev–Trinajstić information content (AvgIpc) is 3.32. The van der Waals surface area contributed by atoms with Crippen LogP contribution in [-0.2, 0) is 6.54 Å². The standard InChI is InChI=1S/C18H19F3N6O3/c1-29-13-4-2-11(3-5-13)8-27-16-14(24-25-27)15(26-7-6-12(28)9-26)22-17(23-16)30-10-18(19,20)21/h2-5,12,28H,6-10H2,1H3/t12-/m0/s1. The third-order valence-electron chi connectivity index (χ3n) is 4.64. The zero-order chi connectivity index (χ0) is 21.3. The number of hydrogen-bond donors (Lipinski definition) is 1. The minimum atomic E-state index is -4.52. The highest BCUT2D eigenvalue weighted by Crippen LogP contribution is 2.28. The van der Waals surface area contributed by atoms with Crippen LogP contribution in [0.3, 0.4) is 0 Å². The van der Waals surface area contributed by atoms with Crippen molar-refractivity contribution in [2.24, 2.45) is 0 Å². The normalized spacial score (nSPS) is 17.0. The van der Waals surface area contributed by atoms with Gasteiger partial charge in [0.2, 0.25) is 0 Å². The van der Waals surface area contributed by atoms with Gasteiger partial charge in [-0.25, -0.2) is 4.68 Å². The highest BCUT2D eigenvalue weighted by Gasteiger charge is 2.31. The van der Waals surface area contributed by atoms with Crippen LogP contribution in [0.25, 0.3) is 11.2 Å². The quantitative estimate of drug-likeness (QED) is 0.640. The van der Waals surface area contributed by atoms with E-state index in [9.17, 15) is 18.3 Å². The molecule has 1 fully saturated rings. The molecule has 0 unspecified atom stereocenters. The van der Waals surface area contributed by atoms with Crippen molar-refractivity contribution < 1.29 is 27.8 Å². The zero-order valence-electron chi connectivity index (χ0n) is 16.0. The van der Waals surface area contributed by atoms with E-state index in [0.717, 1.165) is 5.56 Å². The predicted molar refractivity (Wildman–Crippen MR) is 99.6 cm³/mol. The molecule has 160 valence electrons. The topological polar surface area (TPSA) is 98.4 Å². The Balaban J connectivity index is 1.70. The summed E-state index contributed by atoms with van der Waals surface area (Å²) in [5.74, 6) is 0.983. The van der Waals surface area contributed by atoms with Crippen molar-refractivity contribution in [3.05, 3.63) is 29.8 Å². The number of ether oxygens (including phenoxy) is 2. The summed E-state index contributed by atoms with van der Waals surface area (Å²) in [4.78, 5) is 9.96. The van der Waals surface area contributed by atoms with Crippen LogP contribution in [-0.4, -0.2) is 69.2 Å². The van der Waals surface area contributed by atoms with Crippen molar-refractivity contribution in [1.82, 2.24) is 25.0 Å². The van der Waals surface area contributed by atoms with E-state index in [4.69, 9.17) is 9.47 Å². The van der Waals surface area contributed by atoms with Gasteiger partial charge in [0.05, 0.1) is 19.8 Å². The van der Waals surface area contributed by atoms with Gasteiger partial charge in [-0.15, -0.1) is 5.10 Å². The van der Waals surface area contributed by atoms with Gasteiger partial charge in [-0.2, -0.15) is 23.1 Å². The number of methoxy groups -OCH3 is 1. The maximum atomic E-state index is 12.6. The summed E-state index contributed by atoms with van der Waals surface area (Å²) < 4.78 is 49.2. The van der Waals surface area contributed by atoms with Gasteiger partial charge in [-0.3, -0.25) is 0 Å². The van der Waals surface area contributed by atoms with Gasteiger partial charge >= 0.3 is 12.2 Å². The van der Waals surface area contributed by atoms with E-state index in [1.54, 1.807) is 24.1 Å². The SMILES string of the molecule is COc1ccc(Cn2nnc3c(N4CC[C@H](O)C4)nc(OCC(F)(F)F)nc32)cc1. The Morgan fingerprint density at radius 3 is 2.60 bits per heavy atom. The largest absolute Gasteiger partial charge is 0.497 e. The lowest BCUT2D eigenvalue weighted by atomic mass is 10.2. The zero-order valence-corrected chi connectivity index (χ0v) is 16.0. The van der Waals surface area contributed by atoms with Gasteiger partial charge in [0.25, 0.3) is 0 Å². The minimum Gasteiger partial charge on any atom is -0.497 e. The molecular formula is C18H19F3N6O3. The molecule has 0 amide bonds. The number of halogens is 3. The first kappa shape index (κ1) is 20.1. The fourth-order valence-corrected chi connectivity index (χ4v) is 3.20. The second-order valence-electron chi connectivity index (χ2n) is 6.89. The number of rotatable bonds is 6. The molecule has 1 atom stereocenters. The molecule has 1 aromatic carbocycles. The van der Waals surface area contributed by atoms with Crippen LogP contribution in [0.2, 0.25) is 0 Å². The van der Waals surface area contributed by atoms with Gasteiger partial charge in [0.1, 0.15) is 5.75 Å². The molecule has 1 N–H and O–H groups in total. The van der Waals surface area contributed by atoms with Crippen molar-refractivity contribution >= 4 is 17.0 Å². The molecule has 9 nitrogen and oxygen atoms in total. The Labute approximate surface area is 169 Å². The molecule has 0 spiro atoms. The lowest BCUT2D eigenvalue weighted by molar-refractivity contribution is -0.154. The Kier molecular flexibility index (Phi) is 5.33. The van der Waals surface area contributed by atoms with Crippen molar-refractivity contribution in [2.75, 3.05) is 31.7 Å². The van der Waals surface area contributed by atoms with E-state index in [0.29, 0.717) is 24.2 Å². The number of fused-ring (bicyclic) bond motifs is 1. The molecule has 2 aromatic heterocycles. The Morgan fingerprint density at radius 1 is 1.20 bits per heavy atom. The number of aromatic nitrogens is 5. The van der Waals surface area contributed by atoms with Gasteiger partial charge in [0, 0.05) is 13.1 Å². The van der Waals surface area contributed by atoms with Gasteiger partial charge in [-0.1, -0.05) is 17.3 Å². The average molecular weight is 424 g/mol. The number of aliphatic hydroxyl groups excluding tert-OH is 1. The summed E-state index contributed by atoms with van der Waals surface area (Å²) in [7, 11) is 1.57. The van der Waals surface area contributed by atoms with Crippen LogP contribution in [0.5, 0.6) is 11.8 Å². The molecule has 0 saturated carbocycles.